The number of aromatic hydroxyl groups is 1. The van der Waals surface area contributed by atoms with E-state index in [2.05, 4.69) is 0 Å². The predicted octanol–water partition coefficient (Wildman–Crippen LogP) is 5.27. The molecule has 29 heavy (non-hydrogen) atoms. The second-order valence-electron chi connectivity index (χ2n) is 6.08. The van der Waals surface area contributed by atoms with Gasteiger partial charge in [0.05, 0.1) is 5.52 Å². The number of carbonyl (C=O) groups excluding carboxylic acids is 2. The summed E-state index contributed by atoms with van der Waals surface area (Å²) in [4.78, 5) is 25.5. The number of benzene rings is 3. The van der Waals surface area contributed by atoms with Gasteiger partial charge in [-0.2, -0.15) is 0 Å². The second-order valence-corrected chi connectivity index (χ2v) is 6.52. The van der Waals surface area contributed by atoms with Crippen LogP contribution in [0, 0.1) is 0 Å². The molecule has 0 aliphatic rings. The van der Waals surface area contributed by atoms with Crippen molar-refractivity contribution in [1.82, 2.24) is 4.57 Å². The number of hydrogen-bond donors (Lipinski definition) is 1. The Bertz CT molecular complexity index is 1200. The Morgan fingerprint density at radius 2 is 1.41 bits per heavy atom. The first kappa shape index (κ1) is 18.6. The van der Waals surface area contributed by atoms with Crippen molar-refractivity contribution in [2.45, 2.75) is 0 Å². The Morgan fingerprint density at radius 3 is 2.03 bits per heavy atom. The maximum atomic E-state index is 12.8. The summed E-state index contributed by atoms with van der Waals surface area (Å²) in [5, 5.41) is 11.3. The molecule has 0 atom stereocenters. The van der Waals surface area contributed by atoms with Crippen LogP contribution in [0.3, 0.4) is 0 Å². The first-order chi connectivity index (χ1) is 14.0. The van der Waals surface area contributed by atoms with Gasteiger partial charge in [-0.25, -0.2) is 14.2 Å². The van der Waals surface area contributed by atoms with Gasteiger partial charge in [0.15, 0.2) is 0 Å². The number of nitrogens with zero attached hydrogens (tertiary/aromatic N) is 1. The number of fused-ring (bicyclic) bond motifs is 1. The van der Waals surface area contributed by atoms with E-state index in [1.165, 1.54) is 12.1 Å². The fourth-order valence-electron chi connectivity index (χ4n) is 2.92. The van der Waals surface area contributed by atoms with Crippen molar-refractivity contribution < 1.29 is 24.2 Å². The number of halogens is 1. The van der Waals surface area contributed by atoms with Gasteiger partial charge in [0, 0.05) is 10.4 Å². The fourth-order valence-corrected chi connectivity index (χ4v) is 3.09. The SMILES string of the molecule is O=C(Oc1ccccc1)c1c(O)n(C(=O)Oc2ccccc2)c2ccc(Cl)cc12. The molecular weight excluding hydrogens is 394 g/mol. The molecule has 1 N–H and O–H groups in total. The van der Waals surface area contributed by atoms with Crippen LogP contribution in [0.1, 0.15) is 10.4 Å². The number of hydrogen-bond acceptors (Lipinski definition) is 5. The highest BCUT2D eigenvalue weighted by Gasteiger charge is 2.28. The zero-order chi connectivity index (χ0) is 20.4. The van der Waals surface area contributed by atoms with E-state index in [9.17, 15) is 14.7 Å². The minimum atomic E-state index is -0.875. The van der Waals surface area contributed by atoms with Gasteiger partial charge in [0.25, 0.3) is 0 Å². The molecule has 0 fully saturated rings. The molecule has 0 bridgehead atoms. The molecule has 6 nitrogen and oxygen atoms in total. The highest BCUT2D eigenvalue weighted by molar-refractivity contribution is 6.31. The van der Waals surface area contributed by atoms with Crippen LogP contribution in [0.15, 0.2) is 78.9 Å². The van der Waals surface area contributed by atoms with E-state index in [0.717, 1.165) is 4.57 Å². The average Bonchev–Trinajstić information content (AvgIpc) is 3.00. The maximum Gasteiger partial charge on any atom is 0.426 e. The minimum Gasteiger partial charge on any atom is -0.493 e. The lowest BCUT2D eigenvalue weighted by Crippen LogP contribution is -2.16. The van der Waals surface area contributed by atoms with Crippen molar-refractivity contribution >= 4 is 34.6 Å². The van der Waals surface area contributed by atoms with E-state index in [1.54, 1.807) is 66.7 Å². The van der Waals surface area contributed by atoms with Gasteiger partial charge in [0.1, 0.15) is 17.1 Å². The summed E-state index contributed by atoms with van der Waals surface area (Å²) in [7, 11) is 0. The van der Waals surface area contributed by atoms with Crippen LogP contribution in [0.4, 0.5) is 4.79 Å². The molecule has 0 unspecified atom stereocenters. The highest BCUT2D eigenvalue weighted by atomic mass is 35.5. The largest absolute Gasteiger partial charge is 0.493 e. The van der Waals surface area contributed by atoms with Crippen molar-refractivity contribution in [2.24, 2.45) is 0 Å². The van der Waals surface area contributed by atoms with Crippen LogP contribution in [0.5, 0.6) is 17.4 Å². The molecule has 0 radical (unpaired) electrons. The molecule has 0 amide bonds. The second kappa shape index (κ2) is 7.69. The summed E-state index contributed by atoms with van der Waals surface area (Å²) in [6, 6.07) is 21.3. The average molecular weight is 408 g/mol. The van der Waals surface area contributed by atoms with Gasteiger partial charge in [0.2, 0.25) is 5.88 Å². The molecule has 0 saturated heterocycles. The zero-order valence-corrected chi connectivity index (χ0v) is 15.7. The lowest BCUT2D eigenvalue weighted by Gasteiger charge is -2.07. The molecule has 144 valence electrons. The lowest BCUT2D eigenvalue weighted by atomic mass is 10.1. The van der Waals surface area contributed by atoms with Gasteiger partial charge in [-0.3, -0.25) is 0 Å². The molecule has 4 aromatic rings. The Morgan fingerprint density at radius 1 is 0.828 bits per heavy atom. The fraction of sp³-hybridized carbons (Fsp3) is 0. The van der Waals surface area contributed by atoms with Crippen LogP contribution in [0.25, 0.3) is 10.9 Å². The Hall–Kier alpha value is -3.77. The number of carbonyl (C=O) groups is 2. The Labute approximate surface area is 170 Å². The first-order valence-corrected chi connectivity index (χ1v) is 9.00. The number of rotatable bonds is 3. The molecule has 0 aliphatic carbocycles. The number of esters is 1. The maximum absolute atomic E-state index is 12.8. The molecule has 0 spiro atoms. The van der Waals surface area contributed by atoms with Crippen LogP contribution in [-0.2, 0) is 0 Å². The lowest BCUT2D eigenvalue weighted by molar-refractivity contribution is 0.0733. The van der Waals surface area contributed by atoms with E-state index in [-0.39, 0.29) is 16.5 Å². The number of aromatic nitrogens is 1. The summed E-state index contributed by atoms with van der Waals surface area (Å²) < 4.78 is 11.5. The van der Waals surface area contributed by atoms with Crippen molar-refractivity contribution in [2.75, 3.05) is 0 Å². The van der Waals surface area contributed by atoms with Crippen molar-refractivity contribution in [1.29, 1.82) is 0 Å². The van der Waals surface area contributed by atoms with Crippen molar-refractivity contribution in [3.05, 3.63) is 89.4 Å². The molecule has 3 aromatic carbocycles. The molecule has 1 aromatic heterocycles. The molecule has 7 heteroatoms. The third-order valence-electron chi connectivity index (χ3n) is 4.19. The van der Waals surface area contributed by atoms with E-state index in [0.29, 0.717) is 16.5 Å². The third-order valence-corrected chi connectivity index (χ3v) is 4.43. The first-order valence-electron chi connectivity index (χ1n) is 8.62. The highest BCUT2D eigenvalue weighted by Crippen LogP contribution is 2.34. The van der Waals surface area contributed by atoms with Crippen molar-refractivity contribution in [3.8, 4) is 17.4 Å². The third kappa shape index (κ3) is 3.66. The summed E-state index contributed by atoms with van der Waals surface area (Å²) in [5.41, 5.74) is 0.0733. The Balaban J connectivity index is 1.79. The van der Waals surface area contributed by atoms with Crippen LogP contribution in [-0.4, -0.2) is 21.7 Å². The smallest absolute Gasteiger partial charge is 0.426 e. The van der Waals surface area contributed by atoms with Gasteiger partial charge < -0.3 is 14.6 Å². The predicted molar refractivity (Wildman–Crippen MR) is 108 cm³/mol. The van der Waals surface area contributed by atoms with Crippen molar-refractivity contribution in [3.63, 3.8) is 0 Å². The van der Waals surface area contributed by atoms with E-state index >= 15 is 0 Å². The number of ether oxygens (including phenoxy) is 2. The summed E-state index contributed by atoms with van der Waals surface area (Å²) in [6.07, 6.45) is -0.875. The zero-order valence-electron chi connectivity index (χ0n) is 14.9. The van der Waals surface area contributed by atoms with E-state index in [1.807, 2.05) is 0 Å². The van der Waals surface area contributed by atoms with Crippen LogP contribution >= 0.6 is 11.6 Å². The molecule has 1 heterocycles. The molecule has 0 saturated carbocycles. The normalized spacial score (nSPS) is 10.7. The molecule has 0 aliphatic heterocycles. The van der Waals surface area contributed by atoms with E-state index < -0.39 is 17.9 Å². The minimum absolute atomic E-state index is 0.184. The van der Waals surface area contributed by atoms with Gasteiger partial charge in [-0.1, -0.05) is 48.0 Å². The summed E-state index contributed by atoms with van der Waals surface area (Å²) in [5.74, 6) is -0.829. The monoisotopic (exact) mass is 407 g/mol. The molecular formula is C22H14ClNO5. The Kier molecular flexibility index (Phi) is 4.93. The summed E-state index contributed by atoms with van der Waals surface area (Å²) >= 11 is 6.07. The quantitative estimate of drug-likeness (QED) is 0.370. The topological polar surface area (TPSA) is 77.8 Å². The van der Waals surface area contributed by atoms with Crippen LogP contribution in [0.2, 0.25) is 5.02 Å². The van der Waals surface area contributed by atoms with Crippen LogP contribution < -0.4 is 9.47 Å². The standard InChI is InChI=1S/C22H14ClNO5/c23-14-11-12-18-17(13-14)19(21(26)28-15-7-3-1-4-8-15)20(25)24(18)22(27)29-16-9-5-2-6-10-16/h1-13,25H. The van der Waals surface area contributed by atoms with E-state index in [4.69, 9.17) is 21.1 Å². The molecule has 4 rings (SSSR count). The number of para-hydroxylation sites is 2. The van der Waals surface area contributed by atoms with Gasteiger partial charge in [-0.15, -0.1) is 0 Å². The van der Waals surface area contributed by atoms with Gasteiger partial charge >= 0.3 is 12.1 Å². The summed E-state index contributed by atoms with van der Waals surface area (Å²) in [6.45, 7) is 0. The van der Waals surface area contributed by atoms with Gasteiger partial charge in [-0.05, 0) is 42.5 Å².